The SMILES string of the molecule is CCc1c(-c2ccccc2CC(=O)O)ccc(C(F)(F)F)c1-c1ccc(C(C)C)cc1. The maximum atomic E-state index is 14.0. The second kappa shape index (κ2) is 8.96. The minimum Gasteiger partial charge on any atom is -0.481 e. The van der Waals surface area contributed by atoms with Crippen molar-refractivity contribution in [2.45, 2.75) is 45.7 Å². The molecule has 0 fully saturated rings. The summed E-state index contributed by atoms with van der Waals surface area (Å²) in [6.07, 6.45) is -4.32. The molecule has 0 saturated heterocycles. The number of hydrogen-bond donors (Lipinski definition) is 1. The zero-order valence-electron chi connectivity index (χ0n) is 17.8. The minimum absolute atomic E-state index is 0.160. The van der Waals surface area contributed by atoms with Crippen LogP contribution in [-0.2, 0) is 23.8 Å². The van der Waals surface area contributed by atoms with Gasteiger partial charge in [0.2, 0.25) is 0 Å². The van der Waals surface area contributed by atoms with Crippen molar-refractivity contribution in [3.05, 3.63) is 82.9 Å². The van der Waals surface area contributed by atoms with E-state index >= 15 is 0 Å². The molecule has 162 valence electrons. The molecule has 0 aliphatic heterocycles. The highest BCUT2D eigenvalue weighted by molar-refractivity contribution is 5.84. The Balaban J connectivity index is 2.30. The predicted octanol–water partition coefficient (Wildman–Crippen LogP) is 7.35. The lowest BCUT2D eigenvalue weighted by Gasteiger charge is -2.22. The third-order valence-electron chi connectivity index (χ3n) is 5.49. The molecule has 0 aliphatic carbocycles. The number of aliphatic carboxylic acids is 1. The topological polar surface area (TPSA) is 37.3 Å². The minimum atomic E-state index is -4.50. The molecule has 3 aromatic rings. The average molecular weight is 426 g/mol. The van der Waals surface area contributed by atoms with E-state index < -0.39 is 17.7 Å². The van der Waals surface area contributed by atoms with E-state index in [0.29, 0.717) is 34.2 Å². The Bertz CT molecular complexity index is 1080. The summed E-state index contributed by atoms with van der Waals surface area (Å²) in [5.74, 6) is -0.710. The Hall–Kier alpha value is -3.08. The molecule has 0 saturated carbocycles. The van der Waals surface area contributed by atoms with Crippen molar-refractivity contribution < 1.29 is 23.1 Å². The first-order valence-corrected chi connectivity index (χ1v) is 10.3. The first kappa shape index (κ1) is 22.6. The molecular weight excluding hydrogens is 401 g/mol. The molecule has 0 aliphatic rings. The Morgan fingerprint density at radius 3 is 2.13 bits per heavy atom. The van der Waals surface area contributed by atoms with Crippen LogP contribution in [0.5, 0.6) is 0 Å². The normalized spacial score (nSPS) is 11.7. The van der Waals surface area contributed by atoms with E-state index in [-0.39, 0.29) is 17.9 Å². The van der Waals surface area contributed by atoms with E-state index in [0.717, 1.165) is 11.6 Å². The summed E-state index contributed by atoms with van der Waals surface area (Å²) in [5, 5.41) is 9.27. The quantitative estimate of drug-likeness (QED) is 0.447. The lowest BCUT2D eigenvalue weighted by Crippen LogP contribution is -2.10. The average Bonchev–Trinajstić information content (AvgIpc) is 2.72. The van der Waals surface area contributed by atoms with Gasteiger partial charge in [0.05, 0.1) is 12.0 Å². The summed E-state index contributed by atoms with van der Waals surface area (Å²) in [6, 6.07) is 16.8. The van der Waals surface area contributed by atoms with Crippen LogP contribution in [0, 0.1) is 0 Å². The number of carboxylic acid groups (broad SMARTS) is 1. The molecule has 2 nitrogen and oxygen atoms in total. The van der Waals surface area contributed by atoms with Gasteiger partial charge in [-0.1, -0.05) is 75.4 Å². The van der Waals surface area contributed by atoms with Crippen molar-refractivity contribution in [3.63, 3.8) is 0 Å². The number of carboxylic acids is 1. The van der Waals surface area contributed by atoms with Crippen LogP contribution < -0.4 is 0 Å². The third kappa shape index (κ3) is 4.82. The number of hydrogen-bond acceptors (Lipinski definition) is 1. The molecule has 5 heteroatoms. The zero-order chi connectivity index (χ0) is 22.8. The Labute approximate surface area is 180 Å². The van der Waals surface area contributed by atoms with Gasteiger partial charge in [0.25, 0.3) is 0 Å². The van der Waals surface area contributed by atoms with Crippen molar-refractivity contribution in [3.8, 4) is 22.3 Å². The Morgan fingerprint density at radius 1 is 0.935 bits per heavy atom. The van der Waals surface area contributed by atoms with Gasteiger partial charge in [-0.3, -0.25) is 4.79 Å². The summed E-state index contributed by atoms with van der Waals surface area (Å²) < 4.78 is 41.9. The van der Waals surface area contributed by atoms with Crippen LogP contribution >= 0.6 is 0 Å². The predicted molar refractivity (Wildman–Crippen MR) is 117 cm³/mol. The number of rotatable bonds is 6. The molecule has 31 heavy (non-hydrogen) atoms. The van der Waals surface area contributed by atoms with Crippen LogP contribution in [0.4, 0.5) is 13.2 Å². The fraction of sp³-hybridized carbons (Fsp3) is 0.269. The molecule has 0 atom stereocenters. The van der Waals surface area contributed by atoms with Crippen molar-refractivity contribution >= 4 is 5.97 Å². The second-order valence-corrected chi connectivity index (χ2v) is 7.87. The molecule has 0 amide bonds. The summed E-state index contributed by atoms with van der Waals surface area (Å²) in [4.78, 5) is 11.3. The molecule has 0 heterocycles. The molecule has 3 aromatic carbocycles. The molecule has 0 radical (unpaired) electrons. The fourth-order valence-corrected chi connectivity index (χ4v) is 3.97. The lowest BCUT2D eigenvalue weighted by atomic mass is 9.84. The van der Waals surface area contributed by atoms with Gasteiger partial charge in [-0.15, -0.1) is 0 Å². The van der Waals surface area contributed by atoms with E-state index in [1.165, 1.54) is 6.07 Å². The summed E-state index contributed by atoms with van der Waals surface area (Å²) in [6.45, 7) is 5.89. The molecule has 3 rings (SSSR count). The van der Waals surface area contributed by atoms with Gasteiger partial charge >= 0.3 is 12.1 Å². The van der Waals surface area contributed by atoms with Crippen molar-refractivity contribution in [2.75, 3.05) is 0 Å². The molecule has 0 aromatic heterocycles. The Morgan fingerprint density at radius 2 is 1.58 bits per heavy atom. The van der Waals surface area contributed by atoms with Gasteiger partial charge in [-0.05, 0) is 57.3 Å². The van der Waals surface area contributed by atoms with Crippen LogP contribution in [-0.4, -0.2) is 11.1 Å². The monoisotopic (exact) mass is 426 g/mol. The van der Waals surface area contributed by atoms with Gasteiger partial charge in [0, 0.05) is 0 Å². The van der Waals surface area contributed by atoms with Gasteiger partial charge in [0.1, 0.15) is 0 Å². The molecule has 1 N–H and O–H groups in total. The largest absolute Gasteiger partial charge is 0.481 e. The molecule has 0 bridgehead atoms. The van der Waals surface area contributed by atoms with Crippen LogP contribution in [0.1, 0.15) is 48.9 Å². The summed E-state index contributed by atoms with van der Waals surface area (Å²) in [5.41, 5.74) is 3.46. The van der Waals surface area contributed by atoms with Crippen LogP contribution in [0.25, 0.3) is 22.3 Å². The zero-order valence-corrected chi connectivity index (χ0v) is 17.8. The maximum absolute atomic E-state index is 14.0. The summed E-state index contributed by atoms with van der Waals surface area (Å²) in [7, 11) is 0. The molecular formula is C26H25F3O2. The highest BCUT2D eigenvalue weighted by Gasteiger charge is 2.35. The van der Waals surface area contributed by atoms with Gasteiger partial charge in [-0.25, -0.2) is 0 Å². The molecule has 0 unspecified atom stereocenters. The molecule has 0 spiro atoms. The van der Waals surface area contributed by atoms with Crippen molar-refractivity contribution in [1.82, 2.24) is 0 Å². The number of halogens is 3. The number of benzene rings is 3. The first-order valence-electron chi connectivity index (χ1n) is 10.3. The Kier molecular flexibility index (Phi) is 6.54. The van der Waals surface area contributed by atoms with E-state index in [1.54, 1.807) is 36.4 Å². The van der Waals surface area contributed by atoms with E-state index in [1.807, 2.05) is 32.9 Å². The number of carbonyl (C=O) groups is 1. The fourth-order valence-electron chi connectivity index (χ4n) is 3.97. The van der Waals surface area contributed by atoms with Gasteiger partial charge < -0.3 is 5.11 Å². The van der Waals surface area contributed by atoms with Crippen LogP contribution in [0.3, 0.4) is 0 Å². The lowest BCUT2D eigenvalue weighted by molar-refractivity contribution is -0.137. The van der Waals surface area contributed by atoms with E-state index in [2.05, 4.69) is 0 Å². The number of alkyl halides is 3. The highest BCUT2D eigenvalue weighted by Crippen LogP contribution is 2.43. The highest BCUT2D eigenvalue weighted by atomic mass is 19.4. The standard InChI is InChI=1S/C26H25F3O2/c1-4-20-22(21-8-6-5-7-19(21)15-24(30)31)13-14-23(26(27,28)29)25(20)18-11-9-17(10-12-18)16(2)3/h5-14,16H,4,15H2,1-3H3,(H,30,31). The van der Waals surface area contributed by atoms with Crippen LogP contribution in [0.2, 0.25) is 0 Å². The van der Waals surface area contributed by atoms with E-state index in [4.69, 9.17) is 0 Å². The van der Waals surface area contributed by atoms with Crippen molar-refractivity contribution in [2.24, 2.45) is 0 Å². The van der Waals surface area contributed by atoms with Gasteiger partial charge in [-0.2, -0.15) is 13.2 Å². The second-order valence-electron chi connectivity index (χ2n) is 7.87. The maximum Gasteiger partial charge on any atom is 0.417 e. The van der Waals surface area contributed by atoms with Gasteiger partial charge in [0.15, 0.2) is 0 Å². The van der Waals surface area contributed by atoms with E-state index in [9.17, 15) is 23.1 Å². The summed E-state index contributed by atoms with van der Waals surface area (Å²) >= 11 is 0. The smallest absolute Gasteiger partial charge is 0.417 e. The van der Waals surface area contributed by atoms with Crippen molar-refractivity contribution in [1.29, 1.82) is 0 Å². The first-order chi connectivity index (χ1) is 14.6. The van der Waals surface area contributed by atoms with Crippen LogP contribution in [0.15, 0.2) is 60.7 Å². The third-order valence-corrected chi connectivity index (χ3v) is 5.49.